The van der Waals surface area contributed by atoms with Crippen LogP contribution in [0.25, 0.3) is 0 Å². The van der Waals surface area contributed by atoms with Gasteiger partial charge in [0.15, 0.2) is 0 Å². The quantitative estimate of drug-likeness (QED) is 0.165. The van der Waals surface area contributed by atoms with Gasteiger partial charge in [-0.2, -0.15) is 0 Å². The van der Waals surface area contributed by atoms with Gasteiger partial charge < -0.3 is 39.1 Å². The first-order valence-corrected chi connectivity index (χ1v) is 20.5. The lowest BCUT2D eigenvalue weighted by Gasteiger charge is -2.37. The molecule has 0 radical (unpaired) electrons. The number of nitrogens with zero attached hydrogens (tertiary/aromatic N) is 6. The summed E-state index contributed by atoms with van der Waals surface area (Å²) < 4.78 is 35.9. The third-order valence-corrected chi connectivity index (χ3v) is 11.8. The van der Waals surface area contributed by atoms with Gasteiger partial charge in [0.1, 0.15) is 0 Å². The molecule has 2 atom stereocenters. The topological polar surface area (TPSA) is 97.7 Å². The summed E-state index contributed by atoms with van der Waals surface area (Å²) in [4.78, 5) is 18.4. The monoisotopic (exact) mass is 853 g/mol. The summed E-state index contributed by atoms with van der Waals surface area (Å²) in [7, 11) is 0.178. The highest BCUT2D eigenvalue weighted by atomic mass is 79.9. The highest BCUT2D eigenvalue weighted by Crippen LogP contribution is 2.36. The molecule has 3 saturated heterocycles. The van der Waals surface area contributed by atoms with Crippen LogP contribution in [-0.4, -0.2) is 99.5 Å². The van der Waals surface area contributed by atoms with Gasteiger partial charge in [-0.05, 0) is 107 Å². The van der Waals surface area contributed by atoms with Crippen molar-refractivity contribution in [3.63, 3.8) is 0 Å². The first-order valence-electron chi connectivity index (χ1n) is 20.1. The van der Waals surface area contributed by atoms with Crippen LogP contribution in [0.1, 0.15) is 78.0 Å². The molecule has 57 heavy (non-hydrogen) atoms. The molecule has 0 spiro atoms. The van der Waals surface area contributed by atoms with Gasteiger partial charge in [-0.25, -0.2) is 0 Å². The highest BCUT2D eigenvalue weighted by Gasteiger charge is 2.51. The van der Waals surface area contributed by atoms with Gasteiger partial charge in [-0.3, -0.25) is 19.1 Å². The van der Waals surface area contributed by atoms with Crippen molar-refractivity contribution in [2.75, 3.05) is 79.1 Å². The number of hydrogen-bond donors (Lipinski definition) is 2. The van der Waals surface area contributed by atoms with Gasteiger partial charge in [0.25, 0.3) is 1.45 Å². The van der Waals surface area contributed by atoms with Crippen molar-refractivity contribution < 1.29 is 28.6 Å². The van der Waals surface area contributed by atoms with E-state index >= 15 is 0 Å². The Bertz CT molecular complexity index is 1770. The number of hydrogen-bond acceptors (Lipinski definition) is 10. The van der Waals surface area contributed by atoms with Gasteiger partial charge in [-0.1, -0.05) is 41.9 Å². The minimum absolute atomic E-state index is 0.322. The summed E-state index contributed by atoms with van der Waals surface area (Å²) in [5, 5.41) is 19.8. The molecule has 4 aromatic rings. The van der Waals surface area contributed by atoms with Crippen molar-refractivity contribution in [1.29, 1.82) is 1.45 Å². The van der Waals surface area contributed by atoms with Crippen LogP contribution < -0.4 is 25.1 Å². The minimum atomic E-state index is -0.481. The lowest BCUT2D eigenvalue weighted by molar-refractivity contribution is 0.00578. The van der Waals surface area contributed by atoms with Crippen LogP contribution in [0.3, 0.4) is 0 Å². The summed E-state index contributed by atoms with van der Waals surface area (Å²) in [6, 6.07) is 25.0. The van der Waals surface area contributed by atoms with Crippen LogP contribution in [-0.2, 0) is 9.31 Å². The second-order valence-corrected chi connectivity index (χ2v) is 16.3. The largest absolute Gasteiger partial charge is 0.494 e. The Morgan fingerprint density at radius 3 is 1.26 bits per heavy atom. The number of aliphatic hydroxyl groups excluding tert-OH is 2. The molecule has 0 amide bonds. The Morgan fingerprint density at radius 1 is 0.632 bits per heavy atom. The van der Waals surface area contributed by atoms with Gasteiger partial charge in [-0.15, -0.1) is 0 Å². The maximum atomic E-state index is 9.93. The van der Waals surface area contributed by atoms with Crippen LogP contribution in [0.2, 0.25) is 0 Å². The van der Waals surface area contributed by atoms with E-state index in [1.165, 1.54) is 11.4 Å². The molecule has 2 N–H and O–H groups in total. The number of aromatic nitrogens is 2. The van der Waals surface area contributed by atoms with E-state index in [0.29, 0.717) is 20.0 Å². The lowest BCUT2D eigenvalue weighted by Crippen LogP contribution is -2.46. The average molecular weight is 855 g/mol. The standard InChI is InChI=1S/C24H34BN3O3.C18H22BrN3O.CH3F.FH/c1-6-22(29)21-12-11-20(17-26-21)28-15-13-27(14-16-28)19-9-7-18(8-10-19)25-30-23(2,3)24(4,5)31-25;1-2-18(23)17-8-7-16(13-20-17)22-11-9-21(10-12-22)15-5-3-14(19)4-6-15;1-2;/h7-12,17,22,29H,6,13-16H2,1-5H3;3-8,13,18,23H,2,9-12H2,1H3;1H3;1H/i/hD. The third-order valence-electron chi connectivity index (χ3n) is 11.3. The summed E-state index contributed by atoms with van der Waals surface area (Å²) in [5.41, 5.74) is 6.64. The fourth-order valence-corrected chi connectivity index (χ4v) is 7.16. The van der Waals surface area contributed by atoms with Crippen molar-refractivity contribution in [1.82, 2.24) is 9.97 Å². The van der Waals surface area contributed by atoms with Gasteiger partial charge in [0, 0.05) is 68.2 Å². The van der Waals surface area contributed by atoms with Crippen LogP contribution in [0.4, 0.5) is 31.9 Å². The number of benzene rings is 2. The molecule has 2 unspecified atom stereocenters. The Hall–Kier alpha value is -3.82. The molecule has 7 rings (SSSR count). The number of pyridine rings is 2. The number of alkyl halides is 1. The highest BCUT2D eigenvalue weighted by molar-refractivity contribution is 9.10. The fourth-order valence-electron chi connectivity index (χ4n) is 6.90. The summed E-state index contributed by atoms with van der Waals surface area (Å²) in [6.07, 6.45) is 4.19. The van der Waals surface area contributed by atoms with E-state index in [9.17, 15) is 14.6 Å². The first-order chi connectivity index (χ1) is 27.9. The Balaban J connectivity index is 0.000000245. The Morgan fingerprint density at radius 2 is 0.947 bits per heavy atom. The minimum Gasteiger partial charge on any atom is -0.399 e. The predicted octanol–water partition coefficient (Wildman–Crippen LogP) is 7.50. The average Bonchev–Trinajstić information content (AvgIpc) is 3.50. The van der Waals surface area contributed by atoms with E-state index in [1.807, 2.05) is 38.4 Å². The van der Waals surface area contributed by atoms with Crippen molar-refractivity contribution in [2.24, 2.45) is 0 Å². The molecule has 10 nitrogen and oxygen atoms in total. The van der Waals surface area contributed by atoms with Crippen LogP contribution in [0.5, 0.6) is 0 Å². The third kappa shape index (κ3) is 11.4. The normalized spacial score (nSPS) is 18.5. The van der Waals surface area contributed by atoms with E-state index in [-0.39, 0.29) is 18.3 Å². The molecule has 3 aliphatic heterocycles. The fraction of sp³-hybridized carbons (Fsp3) is 0.488. The first kappa shape index (κ1) is 44.3. The molecule has 14 heteroatoms. The summed E-state index contributed by atoms with van der Waals surface area (Å²) >= 11 is 3.48. The molecule has 5 heterocycles. The van der Waals surface area contributed by atoms with E-state index in [4.69, 9.17) is 14.0 Å². The molecule has 3 aliphatic rings. The number of aliphatic hydroxyl groups is 2. The Kier molecular flexibility index (Phi) is 16.1. The molecular formula is C43H60BBrF2N6O4. The van der Waals surface area contributed by atoms with E-state index in [2.05, 4.69) is 135 Å². The molecular weight excluding hydrogens is 793 g/mol. The zero-order valence-electron chi connectivity index (χ0n) is 35.4. The van der Waals surface area contributed by atoms with Crippen molar-refractivity contribution in [3.8, 4) is 0 Å². The number of halogens is 3. The SMILES string of the molecule is CCC(O)c1ccc(N2CCN(c3ccc(B4OC(C)(C)C(C)(C)O4)cc3)CC2)cn1.CCC(O)c1ccc(N2CCN(c3ccc(Br)cc3)CC2)cn1.CF.[2H]F. The maximum Gasteiger partial charge on any atom is 0.494 e. The van der Waals surface area contributed by atoms with Crippen molar-refractivity contribution in [3.05, 3.63) is 101 Å². The number of rotatable bonds is 9. The molecule has 0 saturated carbocycles. The second-order valence-electron chi connectivity index (χ2n) is 15.3. The summed E-state index contributed by atoms with van der Waals surface area (Å²) in [6.45, 7) is 20.0. The second kappa shape index (κ2) is 20.7. The van der Waals surface area contributed by atoms with E-state index in [0.717, 1.165) is 85.1 Å². The number of anilines is 4. The zero-order chi connectivity index (χ0) is 42.5. The lowest BCUT2D eigenvalue weighted by atomic mass is 9.79. The summed E-state index contributed by atoms with van der Waals surface area (Å²) in [5.74, 6) is 0. The Labute approximate surface area is 348 Å². The molecule has 310 valence electrons. The van der Waals surface area contributed by atoms with Crippen LogP contribution in [0, 0.1) is 0 Å². The molecule has 2 aromatic heterocycles. The molecule has 3 fully saturated rings. The molecule has 2 aromatic carbocycles. The van der Waals surface area contributed by atoms with Gasteiger partial charge >= 0.3 is 7.12 Å². The van der Waals surface area contributed by atoms with Crippen LogP contribution >= 0.6 is 15.9 Å². The molecule has 0 aliphatic carbocycles. The van der Waals surface area contributed by atoms with Crippen molar-refractivity contribution >= 4 is 51.3 Å². The van der Waals surface area contributed by atoms with Crippen molar-refractivity contribution in [2.45, 2.75) is 77.8 Å². The maximum absolute atomic E-state index is 9.93. The van der Waals surface area contributed by atoms with Crippen LogP contribution in [0.15, 0.2) is 89.7 Å². The zero-order valence-corrected chi connectivity index (χ0v) is 36.0. The van der Waals surface area contributed by atoms with E-state index in [1.54, 1.807) is 0 Å². The number of piperazine rings is 2. The van der Waals surface area contributed by atoms with Gasteiger partial charge in [0.2, 0.25) is 0 Å². The van der Waals surface area contributed by atoms with Gasteiger partial charge in [0.05, 0.1) is 65.7 Å². The molecule has 0 bridgehead atoms. The van der Waals surface area contributed by atoms with E-state index < -0.39 is 12.2 Å². The smallest absolute Gasteiger partial charge is 0.399 e. The predicted molar refractivity (Wildman–Crippen MR) is 234 cm³/mol.